The monoisotopic (exact) mass is 220 g/mol. The van der Waals surface area contributed by atoms with Gasteiger partial charge in [-0.25, -0.2) is 0 Å². The summed E-state index contributed by atoms with van der Waals surface area (Å²) in [4.78, 5) is 12.0. The van der Waals surface area contributed by atoms with Gasteiger partial charge in [-0.05, 0) is 37.5 Å². The van der Waals surface area contributed by atoms with Crippen molar-refractivity contribution in [2.75, 3.05) is 0 Å². The third kappa shape index (κ3) is 1.98. The van der Waals surface area contributed by atoms with Crippen molar-refractivity contribution in [3.05, 3.63) is 46.5 Å². The molecule has 2 heteroatoms. The second-order valence-electron chi connectivity index (χ2n) is 3.87. The quantitative estimate of drug-likeness (QED) is 0.696. The number of rotatable bonds is 2. The molecule has 0 N–H and O–H groups in total. The molecular weight excluding hydrogens is 208 g/mol. The first-order chi connectivity index (χ1) is 7.22. The number of allylic oxidation sites excluding steroid dienone is 2. The lowest BCUT2D eigenvalue weighted by atomic mass is 10.0. The molecule has 0 spiro atoms. The van der Waals surface area contributed by atoms with Crippen LogP contribution in [-0.4, -0.2) is 5.78 Å². The SMILES string of the molecule is CC=CC[C@H]1Cc2ccc(Cl)cc2C1=O. The van der Waals surface area contributed by atoms with Crippen LogP contribution in [0.2, 0.25) is 5.02 Å². The highest BCUT2D eigenvalue weighted by molar-refractivity contribution is 6.31. The van der Waals surface area contributed by atoms with Crippen LogP contribution >= 0.6 is 11.6 Å². The molecule has 0 saturated heterocycles. The Labute approximate surface area is 94.8 Å². The highest BCUT2D eigenvalue weighted by Crippen LogP contribution is 2.30. The standard InChI is InChI=1S/C13H13ClO/c1-2-3-4-10-7-9-5-6-11(14)8-12(9)13(10)15/h2-3,5-6,8,10H,4,7H2,1H3/t10-/m0/s1. The Hall–Kier alpha value is -1.08. The minimum absolute atomic E-state index is 0.120. The van der Waals surface area contributed by atoms with E-state index in [0.717, 1.165) is 24.0 Å². The van der Waals surface area contributed by atoms with Crippen molar-refractivity contribution in [3.63, 3.8) is 0 Å². The number of hydrogen-bond donors (Lipinski definition) is 0. The lowest BCUT2D eigenvalue weighted by molar-refractivity contribution is 0.0938. The van der Waals surface area contributed by atoms with Gasteiger partial charge in [0.25, 0.3) is 0 Å². The van der Waals surface area contributed by atoms with E-state index in [2.05, 4.69) is 6.08 Å². The maximum absolute atomic E-state index is 12.0. The van der Waals surface area contributed by atoms with E-state index >= 15 is 0 Å². The highest BCUT2D eigenvalue weighted by atomic mass is 35.5. The van der Waals surface area contributed by atoms with Gasteiger partial charge in [-0.1, -0.05) is 29.8 Å². The fourth-order valence-electron chi connectivity index (χ4n) is 2.02. The molecule has 1 nitrogen and oxygen atoms in total. The molecule has 2 rings (SSSR count). The molecule has 0 heterocycles. The second-order valence-corrected chi connectivity index (χ2v) is 4.31. The summed E-state index contributed by atoms with van der Waals surface area (Å²) in [5.41, 5.74) is 1.95. The summed E-state index contributed by atoms with van der Waals surface area (Å²) in [6, 6.07) is 5.60. The van der Waals surface area contributed by atoms with Gasteiger partial charge < -0.3 is 0 Å². The number of ketones is 1. The molecule has 0 aliphatic heterocycles. The highest BCUT2D eigenvalue weighted by Gasteiger charge is 2.29. The van der Waals surface area contributed by atoms with Crippen LogP contribution in [0, 0.1) is 5.92 Å². The number of hydrogen-bond acceptors (Lipinski definition) is 1. The van der Waals surface area contributed by atoms with Gasteiger partial charge in [0.2, 0.25) is 0 Å². The summed E-state index contributed by atoms with van der Waals surface area (Å²) < 4.78 is 0. The molecule has 1 aromatic carbocycles. The molecule has 1 aliphatic rings. The van der Waals surface area contributed by atoms with Crippen LogP contribution in [0.5, 0.6) is 0 Å². The summed E-state index contributed by atoms with van der Waals surface area (Å²) in [5.74, 6) is 0.361. The largest absolute Gasteiger partial charge is 0.294 e. The van der Waals surface area contributed by atoms with E-state index < -0.39 is 0 Å². The molecule has 0 fully saturated rings. The zero-order valence-corrected chi connectivity index (χ0v) is 9.42. The molecule has 15 heavy (non-hydrogen) atoms. The number of Topliss-reactive ketones (excluding diaryl/α,β-unsaturated/α-hetero) is 1. The van der Waals surface area contributed by atoms with Gasteiger partial charge in [0.15, 0.2) is 5.78 Å². The summed E-state index contributed by atoms with van der Waals surface area (Å²) in [7, 11) is 0. The van der Waals surface area contributed by atoms with Crippen LogP contribution < -0.4 is 0 Å². The van der Waals surface area contributed by atoms with E-state index in [0.29, 0.717) is 5.02 Å². The van der Waals surface area contributed by atoms with Crippen molar-refractivity contribution < 1.29 is 4.79 Å². The van der Waals surface area contributed by atoms with Crippen LogP contribution in [0.1, 0.15) is 29.3 Å². The van der Waals surface area contributed by atoms with Crippen molar-refractivity contribution in [1.82, 2.24) is 0 Å². The molecular formula is C13H13ClO. The Morgan fingerprint density at radius 2 is 2.33 bits per heavy atom. The molecule has 0 saturated carbocycles. The van der Waals surface area contributed by atoms with Gasteiger partial charge in [0.1, 0.15) is 0 Å². The van der Waals surface area contributed by atoms with E-state index in [-0.39, 0.29) is 11.7 Å². The zero-order valence-electron chi connectivity index (χ0n) is 8.66. The lowest BCUT2D eigenvalue weighted by Gasteiger charge is -2.01. The molecule has 78 valence electrons. The Morgan fingerprint density at radius 1 is 1.53 bits per heavy atom. The zero-order chi connectivity index (χ0) is 10.8. The molecule has 0 amide bonds. The van der Waals surface area contributed by atoms with Crippen LogP contribution in [-0.2, 0) is 6.42 Å². The third-order valence-electron chi connectivity index (χ3n) is 2.83. The van der Waals surface area contributed by atoms with E-state index in [1.165, 1.54) is 0 Å². The van der Waals surface area contributed by atoms with Gasteiger partial charge in [0.05, 0.1) is 0 Å². The van der Waals surface area contributed by atoms with Gasteiger partial charge in [-0.3, -0.25) is 4.79 Å². The fraction of sp³-hybridized carbons (Fsp3) is 0.308. The van der Waals surface area contributed by atoms with Gasteiger partial charge in [-0.2, -0.15) is 0 Å². The fourth-order valence-corrected chi connectivity index (χ4v) is 2.20. The smallest absolute Gasteiger partial charge is 0.166 e. The number of fused-ring (bicyclic) bond motifs is 1. The Bertz CT molecular complexity index is 421. The predicted molar refractivity (Wildman–Crippen MR) is 62.4 cm³/mol. The van der Waals surface area contributed by atoms with E-state index in [1.54, 1.807) is 6.07 Å². The van der Waals surface area contributed by atoms with Crippen LogP contribution in [0.3, 0.4) is 0 Å². The van der Waals surface area contributed by atoms with E-state index in [9.17, 15) is 4.79 Å². The van der Waals surface area contributed by atoms with Crippen molar-refractivity contribution in [1.29, 1.82) is 0 Å². The summed E-state index contributed by atoms with van der Waals surface area (Å²) in [5, 5.41) is 0.647. The first-order valence-electron chi connectivity index (χ1n) is 5.16. The topological polar surface area (TPSA) is 17.1 Å². The van der Waals surface area contributed by atoms with Crippen molar-refractivity contribution in [3.8, 4) is 0 Å². The molecule has 1 aliphatic carbocycles. The van der Waals surface area contributed by atoms with Gasteiger partial charge in [-0.15, -0.1) is 0 Å². The van der Waals surface area contributed by atoms with Crippen molar-refractivity contribution in [2.45, 2.75) is 19.8 Å². The number of halogens is 1. The van der Waals surface area contributed by atoms with Gasteiger partial charge >= 0.3 is 0 Å². The first-order valence-corrected chi connectivity index (χ1v) is 5.54. The summed E-state index contributed by atoms with van der Waals surface area (Å²) in [6.07, 6.45) is 5.73. The Balaban J connectivity index is 2.25. The van der Waals surface area contributed by atoms with Crippen molar-refractivity contribution in [2.24, 2.45) is 5.92 Å². The predicted octanol–water partition coefficient (Wildman–Crippen LogP) is 3.66. The summed E-state index contributed by atoms with van der Waals surface area (Å²) in [6.45, 7) is 1.98. The molecule has 0 aromatic heterocycles. The Kier molecular flexibility index (Phi) is 2.92. The maximum Gasteiger partial charge on any atom is 0.166 e. The van der Waals surface area contributed by atoms with E-state index in [1.807, 2.05) is 25.1 Å². The summed E-state index contributed by atoms with van der Waals surface area (Å²) >= 11 is 5.87. The molecule has 0 unspecified atom stereocenters. The second kappa shape index (κ2) is 4.19. The third-order valence-corrected chi connectivity index (χ3v) is 3.07. The number of carbonyl (C=O) groups excluding carboxylic acids is 1. The average Bonchev–Trinajstić information content (AvgIpc) is 2.53. The minimum atomic E-state index is 0.120. The normalized spacial score (nSPS) is 19.9. The minimum Gasteiger partial charge on any atom is -0.294 e. The van der Waals surface area contributed by atoms with E-state index in [4.69, 9.17) is 11.6 Å². The van der Waals surface area contributed by atoms with Crippen molar-refractivity contribution >= 4 is 17.4 Å². The lowest BCUT2D eigenvalue weighted by Crippen LogP contribution is -2.07. The van der Waals surface area contributed by atoms with Crippen LogP contribution in [0.15, 0.2) is 30.4 Å². The Morgan fingerprint density at radius 3 is 3.07 bits per heavy atom. The first kappa shape index (κ1) is 10.4. The van der Waals surface area contributed by atoms with Crippen LogP contribution in [0.4, 0.5) is 0 Å². The molecule has 1 aromatic rings. The molecule has 1 atom stereocenters. The molecule has 0 bridgehead atoms. The number of benzene rings is 1. The maximum atomic E-state index is 12.0. The van der Waals surface area contributed by atoms with Gasteiger partial charge in [0, 0.05) is 16.5 Å². The number of carbonyl (C=O) groups is 1. The molecule has 0 radical (unpaired) electrons. The average molecular weight is 221 g/mol. The van der Waals surface area contributed by atoms with Crippen LogP contribution in [0.25, 0.3) is 0 Å².